The second-order valence-electron chi connectivity index (χ2n) is 6.04. The van der Waals surface area contributed by atoms with E-state index in [1.807, 2.05) is 12.1 Å². The molecule has 0 spiro atoms. The van der Waals surface area contributed by atoms with Crippen LogP contribution in [-0.2, 0) is 4.74 Å². The van der Waals surface area contributed by atoms with Gasteiger partial charge in [0.05, 0.1) is 28.4 Å². The van der Waals surface area contributed by atoms with E-state index in [-0.39, 0.29) is 6.03 Å². The molecule has 1 aliphatic rings. The second kappa shape index (κ2) is 8.50. The zero-order chi connectivity index (χ0) is 19.4. The predicted octanol–water partition coefficient (Wildman–Crippen LogP) is 4.13. The number of ether oxygens (including phenoxy) is 1. The van der Waals surface area contributed by atoms with Gasteiger partial charge >= 0.3 is 12.0 Å². The number of nitrogens with one attached hydrogen (secondary N) is 1. The molecule has 0 aromatic heterocycles. The number of benzene rings is 2. The number of urea groups is 1. The molecule has 2 aromatic rings. The highest BCUT2D eigenvalue weighted by molar-refractivity contribution is 6.42. The second-order valence-corrected chi connectivity index (χ2v) is 6.85. The van der Waals surface area contributed by atoms with Crippen molar-refractivity contribution >= 4 is 46.6 Å². The number of anilines is 2. The van der Waals surface area contributed by atoms with Gasteiger partial charge in [-0.1, -0.05) is 35.3 Å². The van der Waals surface area contributed by atoms with E-state index in [9.17, 15) is 9.59 Å². The Kier molecular flexibility index (Phi) is 6.08. The van der Waals surface area contributed by atoms with E-state index in [1.165, 1.54) is 7.11 Å². The Hall–Kier alpha value is -2.44. The third-order valence-corrected chi connectivity index (χ3v) is 5.15. The van der Waals surface area contributed by atoms with Crippen molar-refractivity contribution in [3.8, 4) is 0 Å². The lowest BCUT2D eigenvalue weighted by Gasteiger charge is -2.36. The normalized spacial score (nSPS) is 14.0. The van der Waals surface area contributed by atoms with E-state index in [1.54, 1.807) is 35.2 Å². The average Bonchev–Trinajstić information content (AvgIpc) is 2.70. The van der Waals surface area contributed by atoms with Crippen LogP contribution in [0.5, 0.6) is 0 Å². The molecule has 0 bridgehead atoms. The van der Waals surface area contributed by atoms with E-state index in [2.05, 4.69) is 10.2 Å². The Balaban J connectivity index is 1.62. The number of hydrogen-bond donors (Lipinski definition) is 1. The number of hydrogen-bond acceptors (Lipinski definition) is 4. The molecule has 1 aliphatic heterocycles. The maximum Gasteiger partial charge on any atom is 0.339 e. The number of amides is 2. The van der Waals surface area contributed by atoms with Gasteiger partial charge in [0.15, 0.2) is 0 Å². The molecule has 0 saturated carbocycles. The standard InChI is InChI=1S/C19H19Cl2N3O3/c1-27-18(25)14-4-2-3-5-17(14)22-19(26)24-10-8-23(9-11-24)13-6-7-15(20)16(21)12-13/h2-7,12H,8-11H2,1H3,(H,22,26). The minimum absolute atomic E-state index is 0.250. The Labute approximate surface area is 167 Å². The van der Waals surface area contributed by atoms with Crippen LogP contribution in [-0.4, -0.2) is 50.2 Å². The van der Waals surface area contributed by atoms with Crippen LogP contribution in [0.1, 0.15) is 10.4 Å². The van der Waals surface area contributed by atoms with E-state index < -0.39 is 5.97 Å². The van der Waals surface area contributed by atoms with Gasteiger partial charge in [0.2, 0.25) is 0 Å². The lowest BCUT2D eigenvalue weighted by molar-refractivity contribution is 0.0602. The number of para-hydroxylation sites is 1. The molecule has 0 aliphatic carbocycles. The first-order chi connectivity index (χ1) is 13.0. The molecule has 0 unspecified atom stereocenters. The molecule has 0 radical (unpaired) electrons. The molecular weight excluding hydrogens is 389 g/mol. The van der Waals surface area contributed by atoms with Gasteiger partial charge in [0.1, 0.15) is 0 Å². The molecule has 6 nitrogen and oxygen atoms in total. The van der Waals surface area contributed by atoms with E-state index >= 15 is 0 Å². The van der Waals surface area contributed by atoms with Crippen LogP contribution < -0.4 is 10.2 Å². The fraction of sp³-hybridized carbons (Fsp3) is 0.263. The van der Waals surface area contributed by atoms with Crippen LogP contribution in [0.2, 0.25) is 10.0 Å². The van der Waals surface area contributed by atoms with Gasteiger partial charge in [-0.25, -0.2) is 9.59 Å². The van der Waals surface area contributed by atoms with Crippen molar-refractivity contribution in [1.29, 1.82) is 0 Å². The van der Waals surface area contributed by atoms with Crippen LogP contribution in [0.15, 0.2) is 42.5 Å². The summed E-state index contributed by atoms with van der Waals surface area (Å²) in [7, 11) is 1.31. The van der Waals surface area contributed by atoms with Crippen molar-refractivity contribution in [3.05, 3.63) is 58.1 Å². The van der Waals surface area contributed by atoms with Gasteiger partial charge in [-0.3, -0.25) is 0 Å². The minimum Gasteiger partial charge on any atom is -0.465 e. The first kappa shape index (κ1) is 19.3. The monoisotopic (exact) mass is 407 g/mol. The first-order valence-electron chi connectivity index (χ1n) is 8.43. The number of methoxy groups -OCH3 is 1. The van der Waals surface area contributed by atoms with Gasteiger partial charge in [-0.05, 0) is 30.3 Å². The zero-order valence-corrected chi connectivity index (χ0v) is 16.3. The molecule has 8 heteroatoms. The molecule has 1 saturated heterocycles. The molecule has 2 aromatic carbocycles. The maximum atomic E-state index is 12.6. The highest BCUT2D eigenvalue weighted by atomic mass is 35.5. The highest BCUT2D eigenvalue weighted by Crippen LogP contribution is 2.28. The van der Waals surface area contributed by atoms with Crippen LogP contribution in [0, 0.1) is 0 Å². The van der Waals surface area contributed by atoms with E-state index in [4.69, 9.17) is 27.9 Å². The van der Waals surface area contributed by atoms with Crippen molar-refractivity contribution in [1.82, 2.24) is 4.90 Å². The average molecular weight is 408 g/mol. The third kappa shape index (κ3) is 4.46. The summed E-state index contributed by atoms with van der Waals surface area (Å²) in [5, 5.41) is 3.82. The highest BCUT2D eigenvalue weighted by Gasteiger charge is 2.23. The first-order valence-corrected chi connectivity index (χ1v) is 9.18. The van der Waals surface area contributed by atoms with E-state index in [0.29, 0.717) is 47.5 Å². The maximum absolute atomic E-state index is 12.6. The summed E-state index contributed by atoms with van der Waals surface area (Å²) in [6.45, 7) is 2.44. The molecule has 1 fully saturated rings. The molecule has 142 valence electrons. The Bertz CT molecular complexity index is 852. The molecule has 2 amide bonds. The van der Waals surface area contributed by atoms with Crippen molar-refractivity contribution < 1.29 is 14.3 Å². The quantitative estimate of drug-likeness (QED) is 0.776. The van der Waals surface area contributed by atoms with Crippen molar-refractivity contribution in [2.75, 3.05) is 43.5 Å². The molecule has 27 heavy (non-hydrogen) atoms. The Morgan fingerprint density at radius 3 is 2.37 bits per heavy atom. The predicted molar refractivity (Wildman–Crippen MR) is 107 cm³/mol. The van der Waals surface area contributed by atoms with Gasteiger partial charge in [0, 0.05) is 31.9 Å². The summed E-state index contributed by atoms with van der Waals surface area (Å²) in [6, 6.07) is 12.0. The number of esters is 1. The number of nitrogens with zero attached hydrogens (tertiary/aromatic N) is 2. The lowest BCUT2D eigenvalue weighted by atomic mass is 10.2. The number of piperazine rings is 1. The molecular formula is C19H19Cl2N3O3. The summed E-state index contributed by atoms with van der Waals surface area (Å²) in [5.41, 5.74) is 1.73. The number of carbonyl (C=O) groups is 2. The molecule has 1 heterocycles. The van der Waals surface area contributed by atoms with E-state index in [0.717, 1.165) is 5.69 Å². The van der Waals surface area contributed by atoms with Gasteiger partial charge in [-0.15, -0.1) is 0 Å². The van der Waals surface area contributed by atoms with Gasteiger partial charge in [-0.2, -0.15) is 0 Å². The van der Waals surface area contributed by atoms with Gasteiger partial charge < -0.3 is 19.9 Å². The smallest absolute Gasteiger partial charge is 0.339 e. The van der Waals surface area contributed by atoms with Crippen LogP contribution >= 0.6 is 23.2 Å². The molecule has 1 N–H and O–H groups in total. The summed E-state index contributed by atoms with van der Waals surface area (Å²) in [6.07, 6.45) is 0. The summed E-state index contributed by atoms with van der Waals surface area (Å²) >= 11 is 12.0. The summed E-state index contributed by atoms with van der Waals surface area (Å²) in [5.74, 6) is -0.490. The zero-order valence-electron chi connectivity index (χ0n) is 14.7. The summed E-state index contributed by atoms with van der Waals surface area (Å²) < 4.78 is 4.75. The van der Waals surface area contributed by atoms with Gasteiger partial charge in [0.25, 0.3) is 0 Å². The number of halogens is 2. The van der Waals surface area contributed by atoms with Crippen LogP contribution in [0.3, 0.4) is 0 Å². The fourth-order valence-corrected chi connectivity index (χ4v) is 3.22. The SMILES string of the molecule is COC(=O)c1ccccc1NC(=O)N1CCN(c2ccc(Cl)c(Cl)c2)CC1. The third-order valence-electron chi connectivity index (χ3n) is 4.41. The Morgan fingerprint density at radius 1 is 1.00 bits per heavy atom. The lowest BCUT2D eigenvalue weighted by Crippen LogP contribution is -2.50. The minimum atomic E-state index is -0.490. The fourth-order valence-electron chi connectivity index (χ4n) is 2.92. The largest absolute Gasteiger partial charge is 0.465 e. The molecule has 3 rings (SSSR count). The van der Waals surface area contributed by atoms with Crippen molar-refractivity contribution in [3.63, 3.8) is 0 Å². The molecule has 0 atom stereocenters. The van der Waals surface area contributed by atoms with Crippen LogP contribution in [0.4, 0.5) is 16.2 Å². The summed E-state index contributed by atoms with van der Waals surface area (Å²) in [4.78, 5) is 28.3. The number of carbonyl (C=O) groups excluding carboxylic acids is 2. The van der Waals surface area contributed by atoms with Crippen molar-refractivity contribution in [2.24, 2.45) is 0 Å². The Morgan fingerprint density at radius 2 is 1.70 bits per heavy atom. The van der Waals surface area contributed by atoms with Crippen LogP contribution in [0.25, 0.3) is 0 Å². The topological polar surface area (TPSA) is 61.9 Å². The van der Waals surface area contributed by atoms with Crippen molar-refractivity contribution in [2.45, 2.75) is 0 Å². The number of rotatable bonds is 3.